The van der Waals surface area contributed by atoms with E-state index in [1.165, 1.54) is 12.1 Å². The van der Waals surface area contributed by atoms with Gasteiger partial charge in [-0.15, -0.1) is 0 Å². The van der Waals surface area contributed by atoms with E-state index in [0.717, 1.165) is 11.8 Å². The van der Waals surface area contributed by atoms with Crippen molar-refractivity contribution >= 4 is 17.7 Å². The van der Waals surface area contributed by atoms with Crippen LogP contribution in [0.4, 0.5) is 8.78 Å². The minimum absolute atomic E-state index is 0.0504. The Morgan fingerprint density at radius 1 is 1.50 bits per heavy atom. The molecule has 1 saturated heterocycles. The van der Waals surface area contributed by atoms with Gasteiger partial charge in [-0.05, 0) is 24.3 Å². The van der Waals surface area contributed by atoms with Crippen molar-refractivity contribution < 1.29 is 18.7 Å². The summed E-state index contributed by atoms with van der Waals surface area (Å²) in [5.74, 6) is -1.56. The van der Waals surface area contributed by atoms with Gasteiger partial charge in [0.25, 0.3) is 5.91 Å². The Morgan fingerprint density at radius 2 is 2.28 bits per heavy atom. The molecule has 0 aromatic heterocycles. The van der Waals surface area contributed by atoms with E-state index in [1.807, 2.05) is 0 Å². The summed E-state index contributed by atoms with van der Waals surface area (Å²) in [7, 11) is 0. The molecule has 1 heterocycles. The average Bonchev–Trinajstić information content (AvgIpc) is 2.77. The Labute approximate surface area is 108 Å². The second-order valence-electron chi connectivity index (χ2n) is 4.31. The van der Waals surface area contributed by atoms with E-state index in [0.29, 0.717) is 12.2 Å². The highest BCUT2D eigenvalue weighted by molar-refractivity contribution is 7.99. The van der Waals surface area contributed by atoms with Gasteiger partial charge in [-0.25, -0.2) is 8.78 Å². The molecule has 2 rings (SSSR count). The molecule has 98 valence electrons. The molecular formula is C12H13F2NO2S. The normalized spacial score (nSPS) is 23.1. The van der Waals surface area contributed by atoms with Gasteiger partial charge in [-0.2, -0.15) is 11.8 Å². The molecule has 0 spiro atoms. The van der Waals surface area contributed by atoms with E-state index >= 15 is 0 Å². The lowest BCUT2D eigenvalue weighted by Crippen LogP contribution is -2.43. The molecule has 6 heteroatoms. The fourth-order valence-electron chi connectivity index (χ4n) is 1.76. The first-order valence-corrected chi connectivity index (χ1v) is 6.70. The standard InChI is InChI=1S/C12H13F2NO2S/c13-9-3-1-2-8(10(9)14)11(16)15-6-12(17)4-5-18-7-12/h1-3,17H,4-7H2,(H,15,16). The van der Waals surface area contributed by atoms with Gasteiger partial charge in [0.2, 0.25) is 0 Å². The second kappa shape index (κ2) is 5.24. The van der Waals surface area contributed by atoms with Gasteiger partial charge >= 0.3 is 0 Å². The summed E-state index contributed by atoms with van der Waals surface area (Å²) < 4.78 is 26.3. The van der Waals surface area contributed by atoms with Crippen LogP contribution >= 0.6 is 11.8 Å². The zero-order valence-corrected chi connectivity index (χ0v) is 10.4. The maximum absolute atomic E-state index is 13.3. The topological polar surface area (TPSA) is 49.3 Å². The minimum atomic E-state index is -1.16. The average molecular weight is 273 g/mol. The maximum atomic E-state index is 13.3. The van der Waals surface area contributed by atoms with Crippen molar-refractivity contribution in [1.29, 1.82) is 0 Å². The molecule has 18 heavy (non-hydrogen) atoms. The molecule has 1 amide bonds. The van der Waals surface area contributed by atoms with Gasteiger partial charge < -0.3 is 10.4 Å². The third-order valence-electron chi connectivity index (χ3n) is 2.86. The van der Waals surface area contributed by atoms with Crippen molar-refractivity contribution in [2.75, 3.05) is 18.1 Å². The Bertz CT molecular complexity index is 461. The fraction of sp³-hybridized carbons (Fsp3) is 0.417. The minimum Gasteiger partial charge on any atom is -0.387 e. The lowest BCUT2D eigenvalue weighted by molar-refractivity contribution is 0.0610. The second-order valence-corrected chi connectivity index (χ2v) is 5.42. The summed E-state index contributed by atoms with van der Waals surface area (Å²) in [5, 5.41) is 12.4. The summed E-state index contributed by atoms with van der Waals surface area (Å²) in [6, 6.07) is 3.43. The number of carbonyl (C=O) groups excluding carboxylic acids is 1. The Balaban J connectivity index is 2.01. The molecule has 0 bridgehead atoms. The van der Waals surface area contributed by atoms with Crippen LogP contribution in [0.25, 0.3) is 0 Å². The monoisotopic (exact) mass is 273 g/mol. The molecule has 1 unspecified atom stereocenters. The Morgan fingerprint density at radius 3 is 2.94 bits per heavy atom. The van der Waals surface area contributed by atoms with Crippen molar-refractivity contribution in [3.8, 4) is 0 Å². The van der Waals surface area contributed by atoms with E-state index in [2.05, 4.69) is 5.32 Å². The predicted octanol–water partition coefficient (Wildman–Crippen LogP) is 1.56. The van der Waals surface area contributed by atoms with Gasteiger partial charge in [0.05, 0.1) is 11.2 Å². The van der Waals surface area contributed by atoms with E-state index in [1.54, 1.807) is 11.8 Å². The van der Waals surface area contributed by atoms with Crippen LogP contribution in [0.15, 0.2) is 18.2 Å². The van der Waals surface area contributed by atoms with Gasteiger partial charge in [0.1, 0.15) is 0 Å². The summed E-state index contributed by atoms with van der Waals surface area (Å²) in [6.45, 7) is 0.0504. The van der Waals surface area contributed by atoms with Crippen molar-refractivity contribution in [3.05, 3.63) is 35.4 Å². The van der Waals surface area contributed by atoms with Crippen molar-refractivity contribution in [2.24, 2.45) is 0 Å². The Hall–Kier alpha value is -1.14. The van der Waals surface area contributed by atoms with Crippen molar-refractivity contribution in [2.45, 2.75) is 12.0 Å². The lowest BCUT2D eigenvalue weighted by atomic mass is 10.0. The maximum Gasteiger partial charge on any atom is 0.254 e. The van der Waals surface area contributed by atoms with Gasteiger partial charge in [0.15, 0.2) is 11.6 Å². The van der Waals surface area contributed by atoms with Crippen LogP contribution in [0.3, 0.4) is 0 Å². The quantitative estimate of drug-likeness (QED) is 0.878. The number of halogens is 2. The molecule has 0 saturated carbocycles. The third-order valence-corrected chi connectivity index (χ3v) is 4.09. The SMILES string of the molecule is O=C(NCC1(O)CCSC1)c1cccc(F)c1F. The Kier molecular flexibility index (Phi) is 3.87. The number of hydrogen-bond donors (Lipinski definition) is 2. The number of rotatable bonds is 3. The van der Waals surface area contributed by atoms with Gasteiger partial charge in [-0.1, -0.05) is 6.07 Å². The van der Waals surface area contributed by atoms with E-state index in [4.69, 9.17) is 0 Å². The largest absolute Gasteiger partial charge is 0.387 e. The van der Waals surface area contributed by atoms with Crippen molar-refractivity contribution in [1.82, 2.24) is 5.32 Å². The molecule has 1 atom stereocenters. The molecule has 1 aliphatic heterocycles. The molecule has 1 fully saturated rings. The fourth-order valence-corrected chi connectivity index (χ4v) is 3.05. The van der Waals surface area contributed by atoms with Crippen LogP contribution in [-0.2, 0) is 0 Å². The number of amides is 1. The van der Waals surface area contributed by atoms with Crippen LogP contribution in [0.2, 0.25) is 0 Å². The van der Waals surface area contributed by atoms with E-state index < -0.39 is 23.1 Å². The molecule has 2 N–H and O–H groups in total. The first-order valence-electron chi connectivity index (χ1n) is 5.54. The number of benzene rings is 1. The third kappa shape index (κ3) is 2.81. The number of thioether (sulfide) groups is 1. The smallest absolute Gasteiger partial charge is 0.254 e. The molecular weight excluding hydrogens is 260 g/mol. The summed E-state index contributed by atoms with van der Waals surface area (Å²) in [4.78, 5) is 11.7. The first kappa shape index (κ1) is 13.3. The molecule has 1 aliphatic rings. The number of nitrogens with one attached hydrogen (secondary N) is 1. The van der Waals surface area contributed by atoms with Crippen molar-refractivity contribution in [3.63, 3.8) is 0 Å². The molecule has 3 nitrogen and oxygen atoms in total. The summed E-state index contributed by atoms with van der Waals surface area (Å²) in [5.41, 5.74) is -1.28. The number of carbonyl (C=O) groups is 1. The zero-order valence-electron chi connectivity index (χ0n) is 9.58. The van der Waals surface area contributed by atoms with Crippen LogP contribution in [0, 0.1) is 11.6 Å². The predicted molar refractivity (Wildman–Crippen MR) is 65.6 cm³/mol. The highest BCUT2D eigenvalue weighted by atomic mass is 32.2. The number of hydrogen-bond acceptors (Lipinski definition) is 3. The molecule has 0 aliphatic carbocycles. The molecule has 1 aromatic carbocycles. The highest BCUT2D eigenvalue weighted by Gasteiger charge is 2.32. The lowest BCUT2D eigenvalue weighted by Gasteiger charge is -2.21. The van der Waals surface area contributed by atoms with Crippen LogP contribution < -0.4 is 5.32 Å². The molecule has 0 radical (unpaired) electrons. The highest BCUT2D eigenvalue weighted by Crippen LogP contribution is 2.27. The summed E-state index contributed by atoms with van der Waals surface area (Å²) >= 11 is 1.60. The van der Waals surface area contributed by atoms with Gasteiger partial charge in [0, 0.05) is 12.3 Å². The summed E-state index contributed by atoms with van der Waals surface area (Å²) in [6.07, 6.45) is 0.587. The van der Waals surface area contributed by atoms with E-state index in [9.17, 15) is 18.7 Å². The van der Waals surface area contributed by atoms with Crippen LogP contribution in [0.5, 0.6) is 0 Å². The first-order chi connectivity index (χ1) is 8.52. The van der Waals surface area contributed by atoms with Gasteiger partial charge in [-0.3, -0.25) is 4.79 Å². The van der Waals surface area contributed by atoms with E-state index in [-0.39, 0.29) is 12.1 Å². The number of aliphatic hydroxyl groups is 1. The van der Waals surface area contributed by atoms with Crippen LogP contribution in [0.1, 0.15) is 16.8 Å². The van der Waals surface area contributed by atoms with Crippen LogP contribution in [-0.4, -0.2) is 34.7 Å². The zero-order chi connectivity index (χ0) is 13.2. The molecule has 1 aromatic rings.